The van der Waals surface area contributed by atoms with Gasteiger partial charge in [-0.3, -0.25) is 4.79 Å². The van der Waals surface area contributed by atoms with Crippen molar-refractivity contribution in [2.24, 2.45) is 0 Å². The maximum absolute atomic E-state index is 10.8. The van der Waals surface area contributed by atoms with Gasteiger partial charge in [0.2, 0.25) is 0 Å². The number of rotatable bonds is 3. The van der Waals surface area contributed by atoms with E-state index in [4.69, 9.17) is 9.84 Å². The topological polar surface area (TPSA) is 46.5 Å². The zero-order valence-corrected chi connectivity index (χ0v) is 8.57. The van der Waals surface area contributed by atoms with Crippen LogP contribution in [0.15, 0.2) is 18.2 Å². The van der Waals surface area contributed by atoms with Crippen molar-refractivity contribution in [3.05, 3.63) is 29.3 Å². The third kappa shape index (κ3) is 2.25. The monoisotopic (exact) mass is 194 g/mol. The quantitative estimate of drug-likeness (QED) is 0.802. The summed E-state index contributed by atoms with van der Waals surface area (Å²) in [7, 11) is 1.57. The Morgan fingerprint density at radius 2 is 2.07 bits per heavy atom. The van der Waals surface area contributed by atoms with E-state index >= 15 is 0 Å². The summed E-state index contributed by atoms with van der Waals surface area (Å²) >= 11 is 0. The van der Waals surface area contributed by atoms with Crippen LogP contribution in [0.3, 0.4) is 0 Å². The molecule has 0 bridgehead atoms. The smallest absolute Gasteiger partial charge is 0.310 e. The third-order valence-electron chi connectivity index (χ3n) is 2.18. The van der Waals surface area contributed by atoms with E-state index in [2.05, 4.69) is 0 Å². The molecule has 14 heavy (non-hydrogen) atoms. The summed E-state index contributed by atoms with van der Waals surface area (Å²) in [5.74, 6) is -0.616. The van der Waals surface area contributed by atoms with Crippen LogP contribution >= 0.6 is 0 Å². The number of aliphatic carboxylic acids is 1. The SMILES string of the molecule is COc1cc(C)cc([C@H](C)C(=O)O)c1. The summed E-state index contributed by atoms with van der Waals surface area (Å²) in [6, 6.07) is 5.49. The second kappa shape index (κ2) is 4.13. The highest BCUT2D eigenvalue weighted by Gasteiger charge is 2.14. The Balaban J connectivity index is 3.08. The van der Waals surface area contributed by atoms with Gasteiger partial charge in [-0.2, -0.15) is 0 Å². The predicted octanol–water partition coefficient (Wildman–Crippen LogP) is 2.19. The number of carbonyl (C=O) groups is 1. The van der Waals surface area contributed by atoms with Crippen molar-refractivity contribution < 1.29 is 14.6 Å². The molecule has 0 amide bonds. The second-order valence-corrected chi connectivity index (χ2v) is 3.34. The molecule has 1 aromatic rings. The molecule has 0 heterocycles. The van der Waals surface area contributed by atoms with Gasteiger partial charge in [-0.05, 0) is 37.1 Å². The summed E-state index contributed by atoms with van der Waals surface area (Å²) in [4.78, 5) is 10.8. The highest BCUT2D eigenvalue weighted by Crippen LogP contribution is 2.22. The number of hydrogen-bond donors (Lipinski definition) is 1. The standard InChI is InChI=1S/C11H14O3/c1-7-4-9(8(2)11(12)13)6-10(5-7)14-3/h4-6,8H,1-3H3,(H,12,13)/t8-/m0/s1. The van der Waals surface area contributed by atoms with Crippen molar-refractivity contribution in [1.29, 1.82) is 0 Å². The molecular formula is C11H14O3. The Morgan fingerprint density at radius 1 is 1.43 bits per heavy atom. The van der Waals surface area contributed by atoms with E-state index in [0.717, 1.165) is 11.1 Å². The lowest BCUT2D eigenvalue weighted by Gasteiger charge is -2.09. The number of methoxy groups -OCH3 is 1. The average Bonchev–Trinajstić information content (AvgIpc) is 2.15. The van der Waals surface area contributed by atoms with Gasteiger partial charge in [0.15, 0.2) is 0 Å². The first-order valence-electron chi connectivity index (χ1n) is 4.43. The van der Waals surface area contributed by atoms with E-state index in [-0.39, 0.29) is 0 Å². The lowest BCUT2D eigenvalue weighted by atomic mass is 9.99. The largest absolute Gasteiger partial charge is 0.497 e. The van der Waals surface area contributed by atoms with Crippen LogP contribution in [0, 0.1) is 6.92 Å². The van der Waals surface area contributed by atoms with Crippen LogP contribution in [0.1, 0.15) is 24.0 Å². The Morgan fingerprint density at radius 3 is 2.57 bits per heavy atom. The summed E-state index contributed by atoms with van der Waals surface area (Å²) < 4.78 is 5.07. The van der Waals surface area contributed by atoms with Gasteiger partial charge in [0, 0.05) is 0 Å². The highest BCUT2D eigenvalue weighted by atomic mass is 16.5. The molecule has 1 rings (SSSR count). The molecule has 0 unspecified atom stereocenters. The number of carboxylic acid groups (broad SMARTS) is 1. The fourth-order valence-electron chi connectivity index (χ4n) is 1.29. The molecule has 1 N–H and O–H groups in total. The predicted molar refractivity (Wildman–Crippen MR) is 53.8 cm³/mol. The molecule has 0 aliphatic carbocycles. The maximum atomic E-state index is 10.8. The maximum Gasteiger partial charge on any atom is 0.310 e. The molecule has 3 heteroatoms. The molecule has 0 aromatic heterocycles. The Bertz CT molecular complexity index is 344. The molecule has 3 nitrogen and oxygen atoms in total. The second-order valence-electron chi connectivity index (χ2n) is 3.34. The van der Waals surface area contributed by atoms with Crippen LogP contribution in [0.5, 0.6) is 5.75 Å². The lowest BCUT2D eigenvalue weighted by Crippen LogP contribution is -2.07. The molecule has 76 valence electrons. The average molecular weight is 194 g/mol. The first-order valence-corrected chi connectivity index (χ1v) is 4.43. The van der Waals surface area contributed by atoms with E-state index in [9.17, 15) is 4.79 Å². The molecule has 0 fully saturated rings. The van der Waals surface area contributed by atoms with Gasteiger partial charge in [-0.15, -0.1) is 0 Å². The van der Waals surface area contributed by atoms with Crippen LogP contribution in [-0.2, 0) is 4.79 Å². The van der Waals surface area contributed by atoms with E-state index in [1.807, 2.05) is 19.1 Å². The zero-order chi connectivity index (χ0) is 10.7. The third-order valence-corrected chi connectivity index (χ3v) is 2.18. The fraction of sp³-hybridized carbons (Fsp3) is 0.364. The molecule has 0 spiro atoms. The van der Waals surface area contributed by atoms with Gasteiger partial charge >= 0.3 is 5.97 Å². The van der Waals surface area contributed by atoms with Gasteiger partial charge in [0.05, 0.1) is 13.0 Å². The van der Waals surface area contributed by atoms with E-state index in [0.29, 0.717) is 5.75 Å². The molecule has 0 saturated carbocycles. The van der Waals surface area contributed by atoms with Crippen molar-refractivity contribution in [3.63, 3.8) is 0 Å². The molecule has 0 radical (unpaired) electrons. The van der Waals surface area contributed by atoms with Crippen molar-refractivity contribution in [1.82, 2.24) is 0 Å². The van der Waals surface area contributed by atoms with Crippen molar-refractivity contribution in [2.75, 3.05) is 7.11 Å². The van der Waals surface area contributed by atoms with Crippen LogP contribution in [-0.4, -0.2) is 18.2 Å². The van der Waals surface area contributed by atoms with Crippen LogP contribution in [0.4, 0.5) is 0 Å². The number of carboxylic acids is 1. The highest BCUT2D eigenvalue weighted by molar-refractivity contribution is 5.75. The minimum Gasteiger partial charge on any atom is -0.497 e. The first kappa shape index (κ1) is 10.6. The van der Waals surface area contributed by atoms with Gasteiger partial charge in [0.25, 0.3) is 0 Å². The first-order chi connectivity index (χ1) is 6.54. The summed E-state index contributed by atoms with van der Waals surface area (Å²) in [5.41, 5.74) is 1.78. The normalized spacial score (nSPS) is 12.2. The number of benzene rings is 1. The molecule has 1 aromatic carbocycles. The number of hydrogen-bond acceptors (Lipinski definition) is 2. The molecule has 0 saturated heterocycles. The summed E-state index contributed by atoms with van der Waals surface area (Å²) in [6.45, 7) is 3.58. The Labute approximate surface area is 83.3 Å². The lowest BCUT2D eigenvalue weighted by molar-refractivity contribution is -0.138. The Kier molecular flexibility index (Phi) is 3.12. The zero-order valence-electron chi connectivity index (χ0n) is 8.57. The van der Waals surface area contributed by atoms with E-state index in [1.165, 1.54) is 0 Å². The molecule has 1 atom stereocenters. The van der Waals surface area contributed by atoms with Gasteiger partial charge in [0.1, 0.15) is 5.75 Å². The number of aryl methyl sites for hydroxylation is 1. The summed E-state index contributed by atoms with van der Waals surface area (Å²) in [5, 5.41) is 8.85. The minimum atomic E-state index is -0.822. The van der Waals surface area contributed by atoms with Crippen LogP contribution in [0.25, 0.3) is 0 Å². The molecular weight excluding hydrogens is 180 g/mol. The summed E-state index contributed by atoms with van der Waals surface area (Å²) in [6.07, 6.45) is 0. The molecule has 0 aliphatic heterocycles. The van der Waals surface area contributed by atoms with E-state index in [1.54, 1.807) is 20.1 Å². The van der Waals surface area contributed by atoms with Gasteiger partial charge in [-0.1, -0.05) is 6.07 Å². The van der Waals surface area contributed by atoms with Crippen molar-refractivity contribution >= 4 is 5.97 Å². The van der Waals surface area contributed by atoms with Gasteiger partial charge in [-0.25, -0.2) is 0 Å². The number of ether oxygens (including phenoxy) is 1. The Hall–Kier alpha value is -1.51. The molecule has 0 aliphatic rings. The van der Waals surface area contributed by atoms with Gasteiger partial charge < -0.3 is 9.84 Å². The van der Waals surface area contributed by atoms with Crippen molar-refractivity contribution in [3.8, 4) is 5.75 Å². The minimum absolute atomic E-state index is 0.496. The van der Waals surface area contributed by atoms with Crippen molar-refractivity contribution in [2.45, 2.75) is 19.8 Å². The fourth-order valence-corrected chi connectivity index (χ4v) is 1.29. The van der Waals surface area contributed by atoms with E-state index < -0.39 is 11.9 Å². The van der Waals surface area contributed by atoms with Crippen LogP contribution in [0.2, 0.25) is 0 Å². The van der Waals surface area contributed by atoms with Crippen LogP contribution < -0.4 is 4.74 Å².